The quantitative estimate of drug-likeness (QED) is 0.426. The summed E-state index contributed by atoms with van der Waals surface area (Å²) in [5.41, 5.74) is 0.0446. The third-order valence-electron chi connectivity index (χ3n) is 3.82. The number of hydrogen-bond acceptors (Lipinski definition) is 4. The Balaban J connectivity index is 1.50. The number of carbonyl (C=O) groups excluding carboxylic acids is 3. The first-order chi connectivity index (χ1) is 14.8. The van der Waals surface area contributed by atoms with Crippen LogP contribution in [0.1, 0.15) is 9.67 Å². The number of halogens is 3. The predicted octanol–water partition coefficient (Wildman–Crippen LogP) is 4.18. The first kappa shape index (κ1) is 21.8. The molecule has 3 rings (SSSR count). The molecule has 0 saturated heterocycles. The second-order valence-electron chi connectivity index (χ2n) is 6.06. The monoisotopic (exact) mass is 448 g/mol. The normalized spacial score (nSPS) is 10.3. The number of urea groups is 1. The van der Waals surface area contributed by atoms with E-state index in [-0.39, 0.29) is 4.88 Å². The Bertz CT molecular complexity index is 1120. The Morgan fingerprint density at radius 2 is 1.55 bits per heavy atom. The lowest BCUT2D eigenvalue weighted by Crippen LogP contribution is -2.32. The molecule has 0 saturated carbocycles. The highest BCUT2D eigenvalue weighted by Gasteiger charge is 2.16. The Labute approximate surface area is 178 Å². The number of amides is 4. The first-order valence-corrected chi connectivity index (χ1v) is 9.59. The van der Waals surface area contributed by atoms with Crippen LogP contribution in [0.2, 0.25) is 0 Å². The van der Waals surface area contributed by atoms with Crippen LogP contribution in [0.15, 0.2) is 54.6 Å². The molecule has 11 heteroatoms. The second-order valence-corrected chi connectivity index (χ2v) is 7.15. The van der Waals surface area contributed by atoms with Crippen molar-refractivity contribution < 1.29 is 27.6 Å². The summed E-state index contributed by atoms with van der Waals surface area (Å²) in [5, 5.41) is 9.96. The Morgan fingerprint density at radius 1 is 0.806 bits per heavy atom. The average Bonchev–Trinajstić information content (AvgIpc) is 3.21. The van der Waals surface area contributed by atoms with Crippen molar-refractivity contribution in [2.45, 2.75) is 0 Å². The molecule has 0 fully saturated rings. The van der Waals surface area contributed by atoms with Crippen LogP contribution in [-0.4, -0.2) is 24.4 Å². The largest absolute Gasteiger partial charge is 0.342 e. The Hall–Kier alpha value is -3.86. The summed E-state index contributed by atoms with van der Waals surface area (Å²) >= 11 is 0.975. The minimum Gasteiger partial charge on any atom is -0.342 e. The maximum Gasteiger partial charge on any atom is 0.324 e. The zero-order valence-electron chi connectivity index (χ0n) is 15.7. The predicted molar refractivity (Wildman–Crippen MR) is 111 cm³/mol. The van der Waals surface area contributed by atoms with E-state index in [9.17, 15) is 27.6 Å². The van der Waals surface area contributed by atoms with E-state index in [4.69, 9.17) is 0 Å². The van der Waals surface area contributed by atoms with Gasteiger partial charge in [-0.25, -0.2) is 18.0 Å². The standard InChI is InChI=1S/C20H15F3N4O3S/c21-12-6-7-13(18(23)17(12)22)26-15(28)10-24-19(29)14-8-9-16(31-14)27-20(30)25-11-4-2-1-3-5-11/h1-9H,10H2,(H,24,29)(H,26,28)(H2,25,27,30). The highest BCUT2D eigenvalue weighted by Crippen LogP contribution is 2.22. The third-order valence-corrected chi connectivity index (χ3v) is 4.82. The number of para-hydroxylation sites is 1. The number of carbonyl (C=O) groups is 3. The lowest BCUT2D eigenvalue weighted by atomic mass is 10.2. The minimum atomic E-state index is -1.71. The van der Waals surface area contributed by atoms with Crippen molar-refractivity contribution in [3.05, 3.63) is 76.9 Å². The number of anilines is 3. The number of benzene rings is 2. The molecule has 31 heavy (non-hydrogen) atoms. The smallest absolute Gasteiger partial charge is 0.324 e. The van der Waals surface area contributed by atoms with Gasteiger partial charge in [-0.05, 0) is 36.4 Å². The molecule has 0 aliphatic carbocycles. The second kappa shape index (κ2) is 9.76. The van der Waals surface area contributed by atoms with Gasteiger partial charge in [0.15, 0.2) is 17.5 Å². The van der Waals surface area contributed by atoms with E-state index in [1.807, 2.05) is 11.4 Å². The summed E-state index contributed by atoms with van der Waals surface area (Å²) < 4.78 is 39.7. The van der Waals surface area contributed by atoms with E-state index in [0.29, 0.717) is 16.8 Å². The van der Waals surface area contributed by atoms with Gasteiger partial charge in [0.2, 0.25) is 5.91 Å². The van der Waals surface area contributed by atoms with E-state index < -0.39 is 47.5 Å². The lowest BCUT2D eigenvalue weighted by molar-refractivity contribution is -0.115. The van der Waals surface area contributed by atoms with Gasteiger partial charge in [0.25, 0.3) is 5.91 Å². The summed E-state index contributed by atoms with van der Waals surface area (Å²) in [6, 6.07) is 12.8. The van der Waals surface area contributed by atoms with E-state index in [0.717, 1.165) is 17.4 Å². The van der Waals surface area contributed by atoms with Crippen molar-refractivity contribution in [3.63, 3.8) is 0 Å². The molecule has 0 aliphatic heterocycles. The van der Waals surface area contributed by atoms with Crippen LogP contribution in [0, 0.1) is 17.5 Å². The molecule has 4 N–H and O–H groups in total. The Morgan fingerprint density at radius 3 is 2.29 bits per heavy atom. The van der Waals surface area contributed by atoms with Crippen LogP contribution in [-0.2, 0) is 4.79 Å². The number of rotatable bonds is 6. The molecule has 4 amide bonds. The summed E-state index contributed by atoms with van der Waals surface area (Å²) in [4.78, 5) is 36.2. The molecule has 0 bridgehead atoms. The van der Waals surface area contributed by atoms with Gasteiger partial charge in [0.05, 0.1) is 22.1 Å². The van der Waals surface area contributed by atoms with Gasteiger partial charge < -0.3 is 16.0 Å². The summed E-state index contributed by atoms with van der Waals surface area (Å²) in [7, 11) is 0. The van der Waals surface area contributed by atoms with Crippen molar-refractivity contribution in [1.82, 2.24) is 5.32 Å². The molecule has 3 aromatic rings. The lowest BCUT2D eigenvalue weighted by Gasteiger charge is -2.08. The SMILES string of the molecule is O=C(CNC(=O)c1ccc(NC(=O)Nc2ccccc2)s1)Nc1ccc(F)c(F)c1F. The fourth-order valence-electron chi connectivity index (χ4n) is 2.39. The molecule has 1 aromatic heterocycles. The van der Waals surface area contributed by atoms with Gasteiger partial charge in [-0.1, -0.05) is 18.2 Å². The zero-order chi connectivity index (χ0) is 22.4. The van der Waals surface area contributed by atoms with Crippen molar-refractivity contribution in [2.75, 3.05) is 22.5 Å². The van der Waals surface area contributed by atoms with Gasteiger partial charge in [-0.15, -0.1) is 11.3 Å². The van der Waals surface area contributed by atoms with Gasteiger partial charge in [-0.2, -0.15) is 0 Å². The van der Waals surface area contributed by atoms with Crippen molar-refractivity contribution in [2.24, 2.45) is 0 Å². The molecule has 1 heterocycles. The van der Waals surface area contributed by atoms with Gasteiger partial charge in [-0.3, -0.25) is 14.9 Å². The topological polar surface area (TPSA) is 99.3 Å². The van der Waals surface area contributed by atoms with Gasteiger partial charge >= 0.3 is 6.03 Å². The number of thiophene rings is 1. The van der Waals surface area contributed by atoms with Crippen LogP contribution < -0.4 is 21.3 Å². The van der Waals surface area contributed by atoms with Gasteiger partial charge in [0.1, 0.15) is 0 Å². The molecule has 7 nitrogen and oxygen atoms in total. The van der Waals surface area contributed by atoms with Crippen molar-refractivity contribution in [3.8, 4) is 0 Å². The highest BCUT2D eigenvalue weighted by atomic mass is 32.1. The molecule has 0 radical (unpaired) electrons. The average molecular weight is 448 g/mol. The third kappa shape index (κ3) is 5.82. The maximum absolute atomic E-state index is 13.6. The van der Waals surface area contributed by atoms with Gasteiger partial charge in [0, 0.05) is 5.69 Å². The van der Waals surface area contributed by atoms with Crippen molar-refractivity contribution >= 4 is 45.6 Å². The molecule has 0 aliphatic rings. The van der Waals surface area contributed by atoms with Crippen LogP contribution >= 0.6 is 11.3 Å². The van der Waals surface area contributed by atoms with Crippen LogP contribution in [0.3, 0.4) is 0 Å². The fourth-order valence-corrected chi connectivity index (χ4v) is 3.21. The van der Waals surface area contributed by atoms with Crippen LogP contribution in [0.5, 0.6) is 0 Å². The van der Waals surface area contributed by atoms with Crippen LogP contribution in [0.4, 0.5) is 34.3 Å². The zero-order valence-corrected chi connectivity index (χ0v) is 16.5. The van der Waals surface area contributed by atoms with E-state index in [1.54, 1.807) is 24.3 Å². The first-order valence-electron chi connectivity index (χ1n) is 8.78. The fraction of sp³-hybridized carbons (Fsp3) is 0.0500. The highest BCUT2D eigenvalue weighted by molar-refractivity contribution is 7.18. The molecule has 160 valence electrons. The molecular formula is C20H15F3N4O3S. The van der Waals surface area contributed by atoms with E-state index in [1.165, 1.54) is 12.1 Å². The summed E-state index contributed by atoms with van der Waals surface area (Å²) in [6.07, 6.45) is 0. The number of hydrogen-bond donors (Lipinski definition) is 4. The summed E-state index contributed by atoms with van der Waals surface area (Å²) in [6.45, 7) is -0.535. The number of nitrogens with one attached hydrogen (secondary N) is 4. The van der Waals surface area contributed by atoms with Crippen LogP contribution in [0.25, 0.3) is 0 Å². The molecular weight excluding hydrogens is 433 g/mol. The molecule has 2 aromatic carbocycles. The maximum atomic E-state index is 13.6. The molecule has 0 unspecified atom stereocenters. The van der Waals surface area contributed by atoms with Crippen molar-refractivity contribution in [1.29, 1.82) is 0 Å². The van der Waals surface area contributed by atoms with E-state index in [2.05, 4.69) is 16.0 Å². The summed E-state index contributed by atoms with van der Waals surface area (Å²) in [5.74, 6) is -6.08. The van der Waals surface area contributed by atoms with E-state index >= 15 is 0 Å². The Kier molecular flexibility index (Phi) is 6.88. The molecule has 0 spiro atoms. The minimum absolute atomic E-state index is 0.210. The molecule has 0 atom stereocenters.